The molecule has 2 heterocycles. The summed E-state index contributed by atoms with van der Waals surface area (Å²) in [4.78, 5) is 23.8. The van der Waals surface area contributed by atoms with Gasteiger partial charge in [0.05, 0.1) is 34.9 Å². The van der Waals surface area contributed by atoms with Crippen LogP contribution in [0, 0.1) is 0 Å². The summed E-state index contributed by atoms with van der Waals surface area (Å²) in [5.41, 5.74) is 1.81. The second kappa shape index (κ2) is 8.15. The first-order valence-corrected chi connectivity index (χ1v) is 9.81. The molecule has 0 bridgehead atoms. The molecule has 0 saturated carbocycles. The molecular weight excluding hydrogens is 414 g/mol. The Hall–Kier alpha value is -3.40. The van der Waals surface area contributed by atoms with Crippen molar-refractivity contribution in [3.05, 3.63) is 60.1 Å². The number of benzene rings is 2. The zero-order chi connectivity index (χ0) is 21.3. The van der Waals surface area contributed by atoms with E-state index in [0.29, 0.717) is 16.6 Å². The average molecular weight is 430 g/mol. The molecule has 0 spiro atoms. The smallest absolute Gasteiger partial charge is 0.345 e. The lowest BCUT2D eigenvalue weighted by atomic mass is 10.2. The molecule has 10 heteroatoms. The van der Waals surface area contributed by atoms with Gasteiger partial charge in [0.2, 0.25) is 0 Å². The van der Waals surface area contributed by atoms with Gasteiger partial charge in [0.1, 0.15) is 17.2 Å². The lowest BCUT2D eigenvalue weighted by Gasteiger charge is -2.09. The molecule has 0 aliphatic rings. The number of nitrogens with one attached hydrogen (secondary N) is 1. The van der Waals surface area contributed by atoms with Gasteiger partial charge in [-0.3, -0.25) is 4.57 Å². The van der Waals surface area contributed by atoms with Crippen molar-refractivity contribution in [2.45, 2.75) is 11.7 Å². The maximum atomic E-state index is 13.6. The molecule has 0 aliphatic heterocycles. The van der Waals surface area contributed by atoms with Crippen molar-refractivity contribution in [1.29, 1.82) is 0 Å². The highest BCUT2D eigenvalue weighted by molar-refractivity contribution is 7.99. The highest BCUT2D eigenvalue weighted by Gasteiger charge is 2.24. The summed E-state index contributed by atoms with van der Waals surface area (Å²) in [5.74, 6) is -1.21. The van der Waals surface area contributed by atoms with E-state index in [0.717, 1.165) is 16.3 Å². The van der Waals surface area contributed by atoms with Crippen molar-refractivity contribution >= 4 is 45.4 Å². The quantitative estimate of drug-likeness (QED) is 0.202. The summed E-state index contributed by atoms with van der Waals surface area (Å²) in [5, 5.41) is 10.6. The van der Waals surface area contributed by atoms with Crippen LogP contribution >= 0.6 is 11.8 Å². The Morgan fingerprint density at radius 3 is 2.57 bits per heavy atom. The van der Waals surface area contributed by atoms with E-state index < -0.39 is 12.5 Å². The van der Waals surface area contributed by atoms with E-state index in [2.05, 4.69) is 15.0 Å². The fraction of sp³-hybridized carbons (Fsp3) is 0.150. The Balaban J connectivity index is 1.70. The number of H-pyrrole nitrogens is 1. The summed E-state index contributed by atoms with van der Waals surface area (Å²) >= 11 is 0.882. The Kier molecular flexibility index (Phi) is 5.40. The molecule has 0 atom stereocenters. The number of hydrogen-bond donors (Lipinski definition) is 2. The maximum Gasteiger partial charge on any atom is 0.345 e. The Bertz CT molecular complexity index is 1230. The third-order valence-corrected chi connectivity index (χ3v) is 5.36. The number of esters is 1. The number of aliphatic hydroxyl groups is 1. The standard InChI is InChI=1S/C20H16F2N4O3S/c1-29-18(28)16(17-23-11-6-2-3-7-12(11)24-17)15(27)10-30-20-25-13-8-4-5-9-14(13)26(20)19(21)22/h2-9,19,27H,10H2,1H3,(H,23,24)/b16-15+. The zero-order valence-electron chi connectivity index (χ0n) is 15.7. The van der Waals surface area contributed by atoms with Crippen LogP contribution in [-0.2, 0) is 9.53 Å². The third-order valence-electron chi connectivity index (χ3n) is 4.40. The number of fused-ring (bicyclic) bond motifs is 2. The number of aromatic amines is 1. The zero-order valence-corrected chi connectivity index (χ0v) is 16.5. The van der Waals surface area contributed by atoms with Crippen LogP contribution in [0.5, 0.6) is 0 Å². The van der Waals surface area contributed by atoms with Crippen LogP contribution in [-0.4, -0.2) is 43.5 Å². The Morgan fingerprint density at radius 1 is 1.17 bits per heavy atom. The predicted octanol–water partition coefficient (Wildman–Crippen LogP) is 4.54. The average Bonchev–Trinajstić information content (AvgIpc) is 3.33. The van der Waals surface area contributed by atoms with E-state index in [4.69, 9.17) is 4.74 Å². The maximum absolute atomic E-state index is 13.6. The summed E-state index contributed by atoms with van der Waals surface area (Å²) in [7, 11) is 1.18. The molecule has 2 N–H and O–H groups in total. The van der Waals surface area contributed by atoms with Gasteiger partial charge in [0, 0.05) is 0 Å². The van der Waals surface area contributed by atoms with E-state index in [-0.39, 0.29) is 33.6 Å². The van der Waals surface area contributed by atoms with Crippen LogP contribution in [0.3, 0.4) is 0 Å². The fourth-order valence-corrected chi connectivity index (χ4v) is 3.93. The molecule has 4 aromatic rings. The Morgan fingerprint density at radius 2 is 1.87 bits per heavy atom. The minimum Gasteiger partial charge on any atom is -0.510 e. The van der Waals surface area contributed by atoms with E-state index in [1.165, 1.54) is 7.11 Å². The van der Waals surface area contributed by atoms with Crippen molar-refractivity contribution in [1.82, 2.24) is 19.5 Å². The van der Waals surface area contributed by atoms with Crippen LogP contribution in [0.2, 0.25) is 0 Å². The van der Waals surface area contributed by atoms with E-state index in [1.54, 1.807) is 48.5 Å². The fourth-order valence-electron chi connectivity index (χ4n) is 3.04. The topological polar surface area (TPSA) is 93.0 Å². The summed E-state index contributed by atoms with van der Waals surface area (Å²) in [6.45, 7) is -2.80. The van der Waals surface area contributed by atoms with E-state index in [9.17, 15) is 18.7 Å². The number of aromatic nitrogens is 4. The molecule has 0 saturated heterocycles. The monoisotopic (exact) mass is 430 g/mol. The Labute approximate surface area is 173 Å². The highest BCUT2D eigenvalue weighted by Crippen LogP contribution is 2.31. The van der Waals surface area contributed by atoms with Crippen LogP contribution in [0.15, 0.2) is 59.4 Å². The number of hydrogen-bond acceptors (Lipinski definition) is 6. The summed E-state index contributed by atoms with van der Waals surface area (Å²) < 4.78 is 32.7. The predicted molar refractivity (Wildman–Crippen MR) is 109 cm³/mol. The number of carbonyl (C=O) groups excluding carboxylic acids is 1. The lowest BCUT2D eigenvalue weighted by molar-refractivity contribution is -0.133. The first kappa shape index (κ1) is 19.9. The largest absolute Gasteiger partial charge is 0.510 e. The number of carbonyl (C=O) groups is 1. The number of halogens is 2. The van der Waals surface area contributed by atoms with Gasteiger partial charge in [-0.15, -0.1) is 0 Å². The molecule has 0 radical (unpaired) electrons. The van der Waals surface area contributed by atoms with Gasteiger partial charge in [-0.2, -0.15) is 8.78 Å². The number of thioether (sulfide) groups is 1. The number of para-hydroxylation sites is 4. The van der Waals surface area contributed by atoms with Gasteiger partial charge < -0.3 is 14.8 Å². The summed E-state index contributed by atoms with van der Waals surface area (Å²) in [6, 6.07) is 13.6. The first-order valence-electron chi connectivity index (χ1n) is 8.83. The van der Waals surface area contributed by atoms with Gasteiger partial charge in [0.25, 0.3) is 0 Å². The third kappa shape index (κ3) is 3.61. The lowest BCUT2D eigenvalue weighted by Crippen LogP contribution is -2.10. The molecule has 30 heavy (non-hydrogen) atoms. The number of rotatable bonds is 6. The first-order chi connectivity index (χ1) is 14.5. The molecule has 2 aromatic heterocycles. The van der Waals surface area contributed by atoms with Crippen LogP contribution < -0.4 is 0 Å². The molecule has 154 valence electrons. The van der Waals surface area contributed by atoms with E-state index in [1.807, 2.05) is 0 Å². The molecule has 2 aromatic carbocycles. The van der Waals surface area contributed by atoms with Gasteiger partial charge in [-0.1, -0.05) is 36.0 Å². The number of ether oxygens (including phenoxy) is 1. The molecule has 0 unspecified atom stereocenters. The highest BCUT2D eigenvalue weighted by atomic mass is 32.2. The number of alkyl halides is 2. The summed E-state index contributed by atoms with van der Waals surface area (Å²) in [6.07, 6.45) is 0. The molecule has 7 nitrogen and oxygen atoms in total. The number of nitrogens with zero attached hydrogens (tertiary/aromatic N) is 3. The second-order valence-electron chi connectivity index (χ2n) is 6.24. The minimum atomic E-state index is -2.80. The van der Waals surface area contributed by atoms with Crippen molar-refractivity contribution in [2.75, 3.05) is 12.9 Å². The van der Waals surface area contributed by atoms with Crippen molar-refractivity contribution in [2.24, 2.45) is 0 Å². The number of methoxy groups -OCH3 is 1. The molecule has 4 rings (SSSR count). The van der Waals surface area contributed by atoms with Crippen molar-refractivity contribution < 1.29 is 23.4 Å². The SMILES string of the molecule is COC(=O)/C(=C(/O)CSc1nc2ccccc2n1C(F)F)c1nc2ccccc2[nH]1. The van der Waals surface area contributed by atoms with Gasteiger partial charge in [-0.25, -0.2) is 14.8 Å². The number of aliphatic hydroxyl groups excluding tert-OH is 1. The van der Waals surface area contributed by atoms with Crippen molar-refractivity contribution in [3.63, 3.8) is 0 Å². The van der Waals surface area contributed by atoms with Crippen LogP contribution in [0.25, 0.3) is 27.6 Å². The van der Waals surface area contributed by atoms with Gasteiger partial charge in [-0.05, 0) is 24.3 Å². The molecule has 0 amide bonds. The molecule has 0 aliphatic carbocycles. The number of imidazole rings is 2. The van der Waals surface area contributed by atoms with Gasteiger partial charge >= 0.3 is 12.5 Å². The second-order valence-corrected chi connectivity index (χ2v) is 7.18. The van der Waals surface area contributed by atoms with Crippen LogP contribution in [0.4, 0.5) is 8.78 Å². The minimum absolute atomic E-state index is 0.0200. The normalized spacial score (nSPS) is 12.5. The molecular formula is C20H16F2N4O3S. The van der Waals surface area contributed by atoms with E-state index >= 15 is 0 Å². The molecule has 0 fully saturated rings. The van der Waals surface area contributed by atoms with Crippen molar-refractivity contribution in [3.8, 4) is 0 Å². The van der Waals surface area contributed by atoms with Gasteiger partial charge in [0.15, 0.2) is 5.16 Å². The van der Waals surface area contributed by atoms with Crippen LogP contribution in [0.1, 0.15) is 12.4 Å².